The highest BCUT2D eigenvalue weighted by atomic mass is 16.5. The molecule has 0 aliphatic rings. The molecule has 0 rings (SSSR count). The lowest BCUT2D eigenvalue weighted by Gasteiger charge is -2.08. The van der Waals surface area contributed by atoms with Gasteiger partial charge < -0.3 is 4.74 Å². The summed E-state index contributed by atoms with van der Waals surface area (Å²) in [6, 6.07) is 0. The summed E-state index contributed by atoms with van der Waals surface area (Å²) in [5.74, 6) is -4.07. The largest absolute Gasteiger partial charge is 0.468 e. The molecule has 0 heterocycles. The Bertz CT molecular complexity index is 279. The van der Waals surface area contributed by atoms with Gasteiger partial charge in [0.2, 0.25) is 0 Å². The Hall–Kier alpha value is -1.52. The van der Waals surface area contributed by atoms with E-state index in [1.54, 1.807) is 0 Å². The second-order valence-corrected chi connectivity index (χ2v) is 2.91. The lowest BCUT2D eigenvalue weighted by atomic mass is 9.96. The average molecular weight is 200 g/mol. The first kappa shape index (κ1) is 12.5. The molecule has 0 aliphatic carbocycles. The summed E-state index contributed by atoms with van der Waals surface area (Å²) in [5, 5.41) is 0. The molecule has 0 aromatic carbocycles. The molecular formula is C9H12O5. The highest BCUT2D eigenvalue weighted by molar-refractivity contribution is 6.19. The number of hydrogen-bond acceptors (Lipinski definition) is 5. The number of Topliss-reactive ketones (excluding diaryl/α,β-unsaturated/α-hetero) is 3. The highest BCUT2D eigenvalue weighted by Gasteiger charge is 2.32. The molecule has 0 amide bonds. The van der Waals surface area contributed by atoms with Crippen molar-refractivity contribution in [1.29, 1.82) is 0 Å². The molecule has 1 unspecified atom stereocenters. The van der Waals surface area contributed by atoms with Gasteiger partial charge in [-0.15, -0.1) is 0 Å². The zero-order chi connectivity index (χ0) is 11.3. The maximum Gasteiger partial charge on any atom is 0.323 e. The third-order valence-electron chi connectivity index (χ3n) is 1.59. The predicted molar refractivity (Wildman–Crippen MR) is 46.5 cm³/mol. The second kappa shape index (κ2) is 5.26. The fraction of sp³-hybridized carbons (Fsp3) is 0.556. The minimum Gasteiger partial charge on any atom is -0.468 e. The van der Waals surface area contributed by atoms with Crippen molar-refractivity contribution in [3.05, 3.63) is 0 Å². The van der Waals surface area contributed by atoms with Gasteiger partial charge in [0.25, 0.3) is 0 Å². The minimum atomic E-state index is -1.45. The highest BCUT2D eigenvalue weighted by Crippen LogP contribution is 2.06. The molecule has 0 saturated carbocycles. The first-order chi connectivity index (χ1) is 6.40. The van der Waals surface area contributed by atoms with E-state index in [1.165, 1.54) is 6.92 Å². The van der Waals surface area contributed by atoms with Crippen molar-refractivity contribution in [1.82, 2.24) is 0 Å². The standard InChI is InChI=1S/C9H12O5/c1-5(10)4-7(12)8(6(2)11)9(13)14-3/h8H,4H2,1-3H3. The fourth-order valence-electron chi connectivity index (χ4n) is 0.989. The monoisotopic (exact) mass is 200 g/mol. The molecule has 0 aromatic rings. The van der Waals surface area contributed by atoms with E-state index in [0.29, 0.717) is 0 Å². The van der Waals surface area contributed by atoms with Crippen LogP contribution >= 0.6 is 0 Å². The summed E-state index contributed by atoms with van der Waals surface area (Å²) in [6.07, 6.45) is -0.417. The Kier molecular flexibility index (Phi) is 4.69. The van der Waals surface area contributed by atoms with Crippen LogP contribution in [0.15, 0.2) is 0 Å². The Labute approximate surface area is 81.4 Å². The van der Waals surface area contributed by atoms with Crippen LogP contribution in [0, 0.1) is 5.92 Å². The SMILES string of the molecule is COC(=O)C(C(C)=O)C(=O)CC(C)=O. The van der Waals surface area contributed by atoms with Crippen LogP contribution in [0.5, 0.6) is 0 Å². The van der Waals surface area contributed by atoms with E-state index >= 15 is 0 Å². The lowest BCUT2D eigenvalue weighted by Crippen LogP contribution is -2.32. The van der Waals surface area contributed by atoms with Crippen molar-refractivity contribution in [3.63, 3.8) is 0 Å². The normalized spacial score (nSPS) is 11.6. The summed E-state index contributed by atoms with van der Waals surface area (Å²) in [5.41, 5.74) is 0. The molecule has 0 bridgehead atoms. The van der Waals surface area contributed by atoms with E-state index in [2.05, 4.69) is 4.74 Å². The zero-order valence-corrected chi connectivity index (χ0v) is 8.33. The topological polar surface area (TPSA) is 77.5 Å². The molecule has 1 atom stereocenters. The summed E-state index contributed by atoms with van der Waals surface area (Å²) in [7, 11) is 1.08. The number of rotatable bonds is 5. The van der Waals surface area contributed by atoms with E-state index in [-0.39, 0.29) is 5.78 Å². The van der Waals surface area contributed by atoms with Crippen molar-refractivity contribution in [2.45, 2.75) is 20.3 Å². The van der Waals surface area contributed by atoms with Crippen molar-refractivity contribution < 1.29 is 23.9 Å². The van der Waals surface area contributed by atoms with Gasteiger partial charge in [-0.2, -0.15) is 0 Å². The van der Waals surface area contributed by atoms with Gasteiger partial charge in [-0.1, -0.05) is 0 Å². The molecule has 5 nitrogen and oxygen atoms in total. The van der Waals surface area contributed by atoms with Crippen LogP contribution in [-0.2, 0) is 23.9 Å². The molecule has 0 N–H and O–H groups in total. The van der Waals surface area contributed by atoms with E-state index in [4.69, 9.17) is 0 Å². The van der Waals surface area contributed by atoms with Gasteiger partial charge in [0.15, 0.2) is 17.5 Å². The van der Waals surface area contributed by atoms with Crippen molar-refractivity contribution in [3.8, 4) is 0 Å². The molecule has 0 spiro atoms. The van der Waals surface area contributed by atoms with Crippen LogP contribution in [0.4, 0.5) is 0 Å². The van der Waals surface area contributed by atoms with E-state index in [9.17, 15) is 19.2 Å². The van der Waals surface area contributed by atoms with Gasteiger partial charge in [-0.25, -0.2) is 0 Å². The fourth-order valence-corrected chi connectivity index (χ4v) is 0.989. The number of ketones is 3. The summed E-state index contributed by atoms with van der Waals surface area (Å²) in [6.45, 7) is 2.33. The van der Waals surface area contributed by atoms with Gasteiger partial charge in [-0.05, 0) is 13.8 Å². The van der Waals surface area contributed by atoms with Gasteiger partial charge in [-0.3, -0.25) is 19.2 Å². The molecule has 0 aliphatic heterocycles. The Morgan fingerprint density at radius 2 is 1.64 bits per heavy atom. The van der Waals surface area contributed by atoms with Crippen LogP contribution in [0.25, 0.3) is 0 Å². The van der Waals surface area contributed by atoms with Crippen LogP contribution in [0.2, 0.25) is 0 Å². The average Bonchev–Trinajstić information content (AvgIpc) is 2.01. The lowest BCUT2D eigenvalue weighted by molar-refractivity contribution is -0.152. The molecular weight excluding hydrogens is 188 g/mol. The smallest absolute Gasteiger partial charge is 0.323 e. The third kappa shape index (κ3) is 3.47. The second-order valence-electron chi connectivity index (χ2n) is 2.91. The molecule has 0 radical (unpaired) electrons. The maximum absolute atomic E-state index is 11.3. The van der Waals surface area contributed by atoms with Crippen LogP contribution in [-0.4, -0.2) is 30.4 Å². The van der Waals surface area contributed by atoms with Crippen molar-refractivity contribution >= 4 is 23.3 Å². The van der Waals surface area contributed by atoms with Gasteiger partial charge in [0.05, 0.1) is 13.5 Å². The minimum absolute atomic E-state index is 0.384. The maximum atomic E-state index is 11.3. The van der Waals surface area contributed by atoms with Gasteiger partial charge in [0.1, 0.15) is 5.78 Å². The molecule has 0 aromatic heterocycles. The van der Waals surface area contributed by atoms with E-state index in [0.717, 1.165) is 14.0 Å². The molecule has 14 heavy (non-hydrogen) atoms. The molecule has 78 valence electrons. The third-order valence-corrected chi connectivity index (χ3v) is 1.59. The number of esters is 1. The Balaban J connectivity index is 4.66. The van der Waals surface area contributed by atoms with Crippen LogP contribution in [0.1, 0.15) is 20.3 Å². The predicted octanol–water partition coefficient (Wildman–Crippen LogP) is -0.0872. The summed E-state index contributed by atoms with van der Waals surface area (Å²) >= 11 is 0. The number of carbonyl (C=O) groups excluding carboxylic acids is 4. The number of ether oxygens (including phenoxy) is 1. The number of carbonyl (C=O) groups is 4. The number of methoxy groups -OCH3 is 1. The molecule has 0 fully saturated rings. The van der Waals surface area contributed by atoms with E-state index < -0.39 is 29.9 Å². The zero-order valence-electron chi connectivity index (χ0n) is 8.33. The first-order valence-electron chi connectivity index (χ1n) is 4.00. The van der Waals surface area contributed by atoms with Gasteiger partial charge in [0, 0.05) is 0 Å². The summed E-state index contributed by atoms with van der Waals surface area (Å²) < 4.78 is 4.28. The van der Waals surface area contributed by atoms with Crippen LogP contribution in [0.3, 0.4) is 0 Å². The van der Waals surface area contributed by atoms with Crippen LogP contribution < -0.4 is 0 Å². The molecule has 5 heteroatoms. The van der Waals surface area contributed by atoms with Gasteiger partial charge >= 0.3 is 5.97 Å². The molecule has 0 saturated heterocycles. The Morgan fingerprint density at radius 3 is 1.93 bits per heavy atom. The number of hydrogen-bond donors (Lipinski definition) is 0. The quantitative estimate of drug-likeness (QED) is 0.458. The summed E-state index contributed by atoms with van der Waals surface area (Å²) in [4.78, 5) is 43.8. The first-order valence-corrected chi connectivity index (χ1v) is 4.00. The van der Waals surface area contributed by atoms with E-state index in [1.807, 2.05) is 0 Å². The van der Waals surface area contributed by atoms with Crippen molar-refractivity contribution in [2.24, 2.45) is 5.92 Å². The Morgan fingerprint density at radius 1 is 1.14 bits per heavy atom. The van der Waals surface area contributed by atoms with Crippen molar-refractivity contribution in [2.75, 3.05) is 7.11 Å².